The SMILES string of the molecule is c1ccc(-c2ccc(N(c3ccc(-c4cc5ccccc5c5ccccc45)cc3)c3ccccc3-c3cc4ccccc4c4ccccc34)cc2)cc1. The maximum absolute atomic E-state index is 2.41. The van der Waals surface area contributed by atoms with Crippen LogP contribution in [0.4, 0.5) is 17.1 Å². The first-order chi connectivity index (χ1) is 26.3. The van der Waals surface area contributed by atoms with Crippen molar-refractivity contribution >= 4 is 60.2 Å². The average molecular weight is 674 g/mol. The van der Waals surface area contributed by atoms with Crippen molar-refractivity contribution < 1.29 is 0 Å². The largest absolute Gasteiger partial charge is 0.310 e. The van der Waals surface area contributed by atoms with Crippen LogP contribution in [0.2, 0.25) is 0 Å². The molecule has 0 fully saturated rings. The highest BCUT2D eigenvalue weighted by molar-refractivity contribution is 6.16. The van der Waals surface area contributed by atoms with Crippen molar-refractivity contribution in [2.45, 2.75) is 0 Å². The van der Waals surface area contributed by atoms with Gasteiger partial charge in [0.1, 0.15) is 0 Å². The lowest BCUT2D eigenvalue weighted by Crippen LogP contribution is -2.11. The molecule has 0 bridgehead atoms. The van der Waals surface area contributed by atoms with Gasteiger partial charge in [-0.2, -0.15) is 0 Å². The fourth-order valence-electron chi connectivity index (χ4n) is 8.12. The second-order valence-corrected chi connectivity index (χ2v) is 13.7. The molecule has 1 nitrogen and oxygen atoms in total. The van der Waals surface area contributed by atoms with Crippen LogP contribution in [-0.2, 0) is 0 Å². The third-order valence-electron chi connectivity index (χ3n) is 10.6. The number of hydrogen-bond donors (Lipinski definition) is 0. The van der Waals surface area contributed by atoms with Gasteiger partial charge in [-0.15, -0.1) is 0 Å². The minimum absolute atomic E-state index is 1.10. The van der Waals surface area contributed by atoms with Gasteiger partial charge in [0.05, 0.1) is 5.69 Å². The summed E-state index contributed by atoms with van der Waals surface area (Å²) in [6.07, 6.45) is 0. The van der Waals surface area contributed by atoms with Crippen molar-refractivity contribution in [3.8, 4) is 33.4 Å². The predicted molar refractivity (Wildman–Crippen MR) is 227 cm³/mol. The minimum Gasteiger partial charge on any atom is -0.310 e. The molecule has 0 N–H and O–H groups in total. The van der Waals surface area contributed by atoms with Gasteiger partial charge in [0.2, 0.25) is 0 Å². The molecule has 0 saturated heterocycles. The molecule has 0 unspecified atom stereocenters. The van der Waals surface area contributed by atoms with Crippen molar-refractivity contribution in [3.05, 3.63) is 212 Å². The lowest BCUT2D eigenvalue weighted by atomic mass is 9.92. The third-order valence-corrected chi connectivity index (χ3v) is 10.6. The molecule has 0 aliphatic carbocycles. The number of anilines is 3. The number of nitrogens with zero attached hydrogens (tertiary/aromatic N) is 1. The van der Waals surface area contributed by atoms with Crippen LogP contribution in [0.25, 0.3) is 76.5 Å². The van der Waals surface area contributed by atoms with Crippen LogP contribution in [0.3, 0.4) is 0 Å². The molecule has 10 rings (SSSR count). The summed E-state index contributed by atoms with van der Waals surface area (Å²) in [5.74, 6) is 0. The molecule has 10 aromatic rings. The molecule has 1 heteroatoms. The van der Waals surface area contributed by atoms with Gasteiger partial charge in [-0.3, -0.25) is 0 Å². The third kappa shape index (κ3) is 5.42. The van der Waals surface area contributed by atoms with Crippen molar-refractivity contribution in [3.63, 3.8) is 0 Å². The van der Waals surface area contributed by atoms with Crippen LogP contribution >= 0.6 is 0 Å². The molecule has 0 atom stereocenters. The average Bonchev–Trinajstić information content (AvgIpc) is 3.24. The van der Waals surface area contributed by atoms with E-state index in [0.29, 0.717) is 0 Å². The van der Waals surface area contributed by atoms with Crippen molar-refractivity contribution in [1.29, 1.82) is 0 Å². The van der Waals surface area contributed by atoms with E-state index in [1.54, 1.807) is 0 Å². The summed E-state index contributed by atoms with van der Waals surface area (Å²) in [5.41, 5.74) is 10.6. The summed E-state index contributed by atoms with van der Waals surface area (Å²) in [6, 6.07) is 77.2. The van der Waals surface area contributed by atoms with Crippen LogP contribution in [-0.4, -0.2) is 0 Å². The molecule has 248 valence electrons. The molecule has 0 spiro atoms. The molecule has 0 amide bonds. The van der Waals surface area contributed by atoms with Gasteiger partial charge in [-0.1, -0.05) is 170 Å². The second kappa shape index (κ2) is 13.0. The van der Waals surface area contributed by atoms with E-state index in [1.807, 2.05) is 0 Å². The van der Waals surface area contributed by atoms with Crippen molar-refractivity contribution in [2.24, 2.45) is 0 Å². The summed E-state index contributed by atoms with van der Waals surface area (Å²) < 4.78 is 0. The molecular weight excluding hydrogens is 639 g/mol. The zero-order chi connectivity index (χ0) is 35.1. The molecule has 0 aliphatic heterocycles. The van der Waals surface area contributed by atoms with E-state index in [0.717, 1.165) is 17.1 Å². The molecule has 0 aromatic heterocycles. The zero-order valence-corrected chi connectivity index (χ0v) is 29.2. The Labute approximate surface area is 309 Å². The molecule has 0 aliphatic rings. The van der Waals surface area contributed by atoms with Gasteiger partial charge in [0, 0.05) is 16.9 Å². The van der Waals surface area contributed by atoms with Crippen molar-refractivity contribution in [1.82, 2.24) is 0 Å². The molecule has 10 aromatic carbocycles. The van der Waals surface area contributed by atoms with Crippen LogP contribution in [0, 0.1) is 0 Å². The predicted octanol–water partition coefficient (Wildman–Crippen LogP) is 14.8. The summed E-state index contributed by atoms with van der Waals surface area (Å²) in [7, 11) is 0. The van der Waals surface area contributed by atoms with Gasteiger partial charge in [-0.25, -0.2) is 0 Å². The summed E-state index contributed by atoms with van der Waals surface area (Å²) >= 11 is 0. The van der Waals surface area contributed by atoms with Crippen LogP contribution in [0.1, 0.15) is 0 Å². The Hall–Kier alpha value is -6.96. The maximum Gasteiger partial charge on any atom is 0.0540 e. The van der Waals surface area contributed by atoms with Gasteiger partial charge in [0.15, 0.2) is 0 Å². The number of benzene rings is 10. The summed E-state index contributed by atoms with van der Waals surface area (Å²) in [6.45, 7) is 0. The Balaban J connectivity index is 1.16. The summed E-state index contributed by atoms with van der Waals surface area (Å²) in [4.78, 5) is 2.41. The highest BCUT2D eigenvalue weighted by Crippen LogP contribution is 2.45. The second-order valence-electron chi connectivity index (χ2n) is 13.7. The van der Waals surface area contributed by atoms with Gasteiger partial charge >= 0.3 is 0 Å². The van der Waals surface area contributed by atoms with E-state index >= 15 is 0 Å². The lowest BCUT2D eigenvalue weighted by Gasteiger charge is -2.28. The van der Waals surface area contributed by atoms with Gasteiger partial charge < -0.3 is 4.90 Å². The molecule has 0 radical (unpaired) electrons. The fraction of sp³-hybridized carbons (Fsp3) is 0. The van der Waals surface area contributed by atoms with Crippen molar-refractivity contribution in [2.75, 3.05) is 4.90 Å². The highest BCUT2D eigenvalue weighted by atomic mass is 15.1. The Kier molecular flexibility index (Phi) is 7.55. The molecular formula is C52H35N. The van der Waals surface area contributed by atoms with Gasteiger partial charge in [0.25, 0.3) is 0 Å². The first-order valence-electron chi connectivity index (χ1n) is 18.3. The normalized spacial score (nSPS) is 11.4. The number of hydrogen-bond acceptors (Lipinski definition) is 1. The standard InChI is InChI=1S/C52H35N/c1-2-14-36(15-3-1)37-26-30-41(31-27-37)53(42-32-28-38(29-33-42)50-34-39-16-4-6-18-43(39)45-20-8-10-22-47(45)50)52-25-13-12-24-49(52)51-35-40-17-5-7-19-44(40)46-21-9-11-23-48(46)51/h1-35H. The van der Waals surface area contributed by atoms with E-state index in [-0.39, 0.29) is 0 Å². The lowest BCUT2D eigenvalue weighted by molar-refractivity contribution is 1.28. The first-order valence-corrected chi connectivity index (χ1v) is 18.3. The zero-order valence-electron chi connectivity index (χ0n) is 29.2. The van der Waals surface area contributed by atoms with E-state index in [1.165, 1.54) is 76.5 Å². The Bertz CT molecular complexity index is 2920. The quantitative estimate of drug-likeness (QED) is 0.159. The topological polar surface area (TPSA) is 3.24 Å². The molecule has 0 saturated carbocycles. The Morgan fingerprint density at radius 1 is 0.245 bits per heavy atom. The van der Waals surface area contributed by atoms with E-state index in [2.05, 4.69) is 217 Å². The smallest absolute Gasteiger partial charge is 0.0540 e. The summed E-state index contributed by atoms with van der Waals surface area (Å²) in [5, 5.41) is 10.1. The molecule has 53 heavy (non-hydrogen) atoms. The highest BCUT2D eigenvalue weighted by Gasteiger charge is 2.20. The monoisotopic (exact) mass is 673 g/mol. The van der Waals surface area contributed by atoms with Crippen LogP contribution in [0.15, 0.2) is 212 Å². The fourth-order valence-corrected chi connectivity index (χ4v) is 8.12. The van der Waals surface area contributed by atoms with Crippen LogP contribution < -0.4 is 4.90 Å². The Morgan fingerprint density at radius 2 is 0.660 bits per heavy atom. The van der Waals surface area contributed by atoms with E-state index in [4.69, 9.17) is 0 Å². The maximum atomic E-state index is 2.41. The number of fused-ring (bicyclic) bond motifs is 6. The van der Waals surface area contributed by atoms with Crippen LogP contribution in [0.5, 0.6) is 0 Å². The van der Waals surface area contributed by atoms with Gasteiger partial charge in [-0.05, 0) is 113 Å². The van der Waals surface area contributed by atoms with E-state index < -0.39 is 0 Å². The number of para-hydroxylation sites is 1. The minimum atomic E-state index is 1.10. The van der Waals surface area contributed by atoms with E-state index in [9.17, 15) is 0 Å². The first kappa shape index (κ1) is 30.8. The Morgan fingerprint density at radius 3 is 1.26 bits per heavy atom. The number of rotatable bonds is 6. The molecule has 0 heterocycles.